The van der Waals surface area contributed by atoms with Crippen molar-refractivity contribution >= 4 is 51.5 Å². The van der Waals surface area contributed by atoms with E-state index < -0.39 is 5.91 Å². The molecule has 0 bridgehead atoms. The Hall–Kier alpha value is -1.63. The smallest absolute Gasteiger partial charge is 0.251 e. The van der Waals surface area contributed by atoms with E-state index in [1.54, 1.807) is 6.07 Å². The summed E-state index contributed by atoms with van der Waals surface area (Å²) >= 11 is 13.1. The number of carbonyl (C=O) groups excluding carboxylic acids is 2. The SMILES string of the molecule is CCc1nc(NC(=O)CNC(=O)c2ccc(Cl)c(Cl)c2)sc1C. The molecule has 0 atom stereocenters. The quantitative estimate of drug-likeness (QED) is 0.841. The van der Waals surface area contributed by atoms with Gasteiger partial charge in [0.1, 0.15) is 0 Å². The van der Waals surface area contributed by atoms with Gasteiger partial charge in [0.2, 0.25) is 5.91 Å². The topological polar surface area (TPSA) is 71.1 Å². The second-order valence-electron chi connectivity index (χ2n) is 4.74. The van der Waals surface area contributed by atoms with Crippen molar-refractivity contribution in [3.63, 3.8) is 0 Å². The Kier molecular flexibility index (Phi) is 5.98. The van der Waals surface area contributed by atoms with Crippen LogP contribution in [-0.2, 0) is 11.2 Å². The Morgan fingerprint density at radius 1 is 1.26 bits per heavy atom. The van der Waals surface area contributed by atoms with Crippen molar-refractivity contribution in [1.29, 1.82) is 0 Å². The lowest BCUT2D eigenvalue weighted by Gasteiger charge is -2.06. The number of aryl methyl sites for hydroxylation is 2. The van der Waals surface area contributed by atoms with Crippen molar-refractivity contribution in [3.05, 3.63) is 44.4 Å². The molecule has 1 heterocycles. The summed E-state index contributed by atoms with van der Waals surface area (Å²) in [6.07, 6.45) is 0.812. The number of hydrogen-bond donors (Lipinski definition) is 2. The van der Waals surface area contributed by atoms with E-state index in [0.717, 1.165) is 17.0 Å². The van der Waals surface area contributed by atoms with Gasteiger partial charge in [-0.2, -0.15) is 0 Å². The molecule has 1 aromatic heterocycles. The minimum Gasteiger partial charge on any atom is -0.343 e. The maximum atomic E-state index is 12.0. The number of benzene rings is 1. The molecule has 8 heteroatoms. The molecule has 0 saturated carbocycles. The molecule has 0 unspecified atom stereocenters. The molecule has 2 N–H and O–H groups in total. The first-order chi connectivity index (χ1) is 10.9. The molecular formula is C15H15Cl2N3O2S. The number of thiazole rings is 1. The van der Waals surface area contributed by atoms with Gasteiger partial charge in [-0.3, -0.25) is 9.59 Å². The largest absolute Gasteiger partial charge is 0.343 e. The monoisotopic (exact) mass is 371 g/mol. The van der Waals surface area contributed by atoms with Gasteiger partial charge in [0, 0.05) is 10.4 Å². The second-order valence-corrected chi connectivity index (χ2v) is 6.75. The molecular weight excluding hydrogens is 357 g/mol. The maximum Gasteiger partial charge on any atom is 0.251 e. The lowest BCUT2D eigenvalue weighted by molar-refractivity contribution is -0.115. The first kappa shape index (κ1) is 17.7. The summed E-state index contributed by atoms with van der Waals surface area (Å²) in [7, 11) is 0. The van der Waals surface area contributed by atoms with Crippen LogP contribution in [0, 0.1) is 6.92 Å². The summed E-state index contributed by atoms with van der Waals surface area (Å²) in [6.45, 7) is 3.81. The third-order valence-corrected chi connectivity index (χ3v) is 4.73. The number of aromatic nitrogens is 1. The fraction of sp³-hybridized carbons (Fsp3) is 0.267. The van der Waals surface area contributed by atoms with Crippen LogP contribution in [0.5, 0.6) is 0 Å². The van der Waals surface area contributed by atoms with Crippen LogP contribution in [-0.4, -0.2) is 23.3 Å². The second kappa shape index (κ2) is 7.77. The fourth-order valence-corrected chi connectivity index (χ4v) is 3.09. The first-order valence-corrected chi connectivity index (χ1v) is 8.47. The lowest BCUT2D eigenvalue weighted by Crippen LogP contribution is -2.32. The van der Waals surface area contributed by atoms with Crippen LogP contribution < -0.4 is 10.6 Å². The van der Waals surface area contributed by atoms with E-state index in [0.29, 0.717) is 15.7 Å². The van der Waals surface area contributed by atoms with Gasteiger partial charge in [-0.25, -0.2) is 4.98 Å². The van der Waals surface area contributed by atoms with E-state index in [9.17, 15) is 9.59 Å². The van der Waals surface area contributed by atoms with E-state index in [4.69, 9.17) is 23.2 Å². The van der Waals surface area contributed by atoms with Gasteiger partial charge in [0.15, 0.2) is 5.13 Å². The third kappa shape index (κ3) is 4.67. The van der Waals surface area contributed by atoms with Crippen molar-refractivity contribution < 1.29 is 9.59 Å². The number of carbonyl (C=O) groups is 2. The highest BCUT2D eigenvalue weighted by Crippen LogP contribution is 2.23. The summed E-state index contributed by atoms with van der Waals surface area (Å²) in [5.41, 5.74) is 1.30. The highest BCUT2D eigenvalue weighted by atomic mass is 35.5. The summed E-state index contributed by atoms with van der Waals surface area (Å²) < 4.78 is 0. The molecule has 0 radical (unpaired) electrons. The van der Waals surface area contributed by atoms with Crippen molar-refractivity contribution in [2.45, 2.75) is 20.3 Å². The normalized spacial score (nSPS) is 10.4. The highest BCUT2D eigenvalue weighted by Gasteiger charge is 2.12. The molecule has 23 heavy (non-hydrogen) atoms. The Morgan fingerprint density at radius 2 is 2.00 bits per heavy atom. The molecule has 0 aliphatic heterocycles. The van der Waals surface area contributed by atoms with Gasteiger partial charge >= 0.3 is 0 Å². The molecule has 2 aromatic rings. The average molecular weight is 372 g/mol. The molecule has 2 rings (SSSR count). The fourth-order valence-electron chi connectivity index (χ4n) is 1.87. The molecule has 1 aromatic carbocycles. The maximum absolute atomic E-state index is 12.0. The number of amides is 2. The van der Waals surface area contributed by atoms with Crippen LogP contribution in [0.25, 0.3) is 0 Å². The molecule has 2 amide bonds. The molecule has 0 aliphatic carbocycles. The Morgan fingerprint density at radius 3 is 2.61 bits per heavy atom. The van der Waals surface area contributed by atoms with E-state index in [1.807, 2.05) is 13.8 Å². The number of nitrogens with zero attached hydrogens (tertiary/aromatic N) is 1. The van der Waals surface area contributed by atoms with Gasteiger partial charge in [0.25, 0.3) is 5.91 Å². The van der Waals surface area contributed by atoms with Gasteiger partial charge < -0.3 is 10.6 Å². The van der Waals surface area contributed by atoms with E-state index in [2.05, 4.69) is 15.6 Å². The van der Waals surface area contributed by atoms with Crippen LogP contribution in [0.3, 0.4) is 0 Å². The third-order valence-electron chi connectivity index (χ3n) is 3.07. The molecule has 0 spiro atoms. The molecule has 122 valence electrons. The Bertz CT molecular complexity index is 746. The zero-order valence-electron chi connectivity index (χ0n) is 12.6. The Labute approximate surface area is 148 Å². The van der Waals surface area contributed by atoms with Crippen molar-refractivity contribution in [2.75, 3.05) is 11.9 Å². The lowest BCUT2D eigenvalue weighted by atomic mass is 10.2. The van der Waals surface area contributed by atoms with Crippen LogP contribution in [0.1, 0.15) is 27.9 Å². The van der Waals surface area contributed by atoms with Crippen LogP contribution in [0.15, 0.2) is 18.2 Å². The predicted molar refractivity (Wildman–Crippen MR) is 93.7 cm³/mol. The Balaban J connectivity index is 1.90. The van der Waals surface area contributed by atoms with Crippen molar-refractivity contribution in [2.24, 2.45) is 0 Å². The van der Waals surface area contributed by atoms with Gasteiger partial charge in [-0.15, -0.1) is 11.3 Å². The highest BCUT2D eigenvalue weighted by molar-refractivity contribution is 7.15. The van der Waals surface area contributed by atoms with Gasteiger partial charge in [-0.1, -0.05) is 30.1 Å². The number of halogens is 2. The molecule has 5 nitrogen and oxygen atoms in total. The average Bonchev–Trinajstić information content (AvgIpc) is 2.87. The minimum absolute atomic E-state index is 0.154. The van der Waals surface area contributed by atoms with Crippen LogP contribution in [0.2, 0.25) is 10.0 Å². The molecule has 0 saturated heterocycles. The van der Waals surface area contributed by atoms with Crippen molar-refractivity contribution in [1.82, 2.24) is 10.3 Å². The van der Waals surface area contributed by atoms with E-state index >= 15 is 0 Å². The minimum atomic E-state index is -0.400. The number of anilines is 1. The zero-order chi connectivity index (χ0) is 17.0. The molecule has 0 fully saturated rings. The summed E-state index contributed by atoms with van der Waals surface area (Å²) in [4.78, 5) is 29.2. The first-order valence-electron chi connectivity index (χ1n) is 6.90. The summed E-state index contributed by atoms with van der Waals surface area (Å²) in [5.74, 6) is -0.738. The van der Waals surface area contributed by atoms with Gasteiger partial charge in [0.05, 0.1) is 22.3 Å². The number of rotatable bonds is 5. The van der Waals surface area contributed by atoms with Crippen LogP contribution >= 0.6 is 34.5 Å². The zero-order valence-corrected chi connectivity index (χ0v) is 14.9. The van der Waals surface area contributed by atoms with E-state index in [-0.39, 0.29) is 17.5 Å². The number of nitrogens with one attached hydrogen (secondary N) is 2. The van der Waals surface area contributed by atoms with Crippen molar-refractivity contribution in [3.8, 4) is 0 Å². The van der Waals surface area contributed by atoms with E-state index in [1.165, 1.54) is 23.5 Å². The summed E-state index contributed by atoms with van der Waals surface area (Å²) in [6, 6.07) is 4.53. The van der Waals surface area contributed by atoms with Gasteiger partial charge in [-0.05, 0) is 31.5 Å². The standard InChI is InChI=1S/C15H15Cl2N3O2S/c1-3-12-8(2)23-15(19-12)20-13(21)7-18-14(22)9-4-5-10(16)11(17)6-9/h4-6H,3,7H2,1-2H3,(H,18,22)(H,19,20,21). The summed E-state index contributed by atoms with van der Waals surface area (Å²) in [5, 5.41) is 6.39. The van der Waals surface area contributed by atoms with Crippen LogP contribution in [0.4, 0.5) is 5.13 Å². The predicted octanol–water partition coefficient (Wildman–Crippen LogP) is 3.69. The number of hydrogen-bond acceptors (Lipinski definition) is 4. The molecule has 0 aliphatic rings.